The van der Waals surface area contributed by atoms with E-state index in [2.05, 4.69) is 36.1 Å². The average Bonchev–Trinajstić information content (AvgIpc) is 2.59. The first kappa shape index (κ1) is 20.8. The Kier molecular flexibility index (Phi) is 7.57. The van der Waals surface area contributed by atoms with Gasteiger partial charge in [0.15, 0.2) is 0 Å². The number of carboxylic acid groups (broad SMARTS) is 1. The number of aryl methyl sites for hydroxylation is 1. The number of ether oxygens (including phenoxy) is 1. The summed E-state index contributed by atoms with van der Waals surface area (Å²) < 4.78 is 30.2. The van der Waals surface area contributed by atoms with Crippen molar-refractivity contribution in [3.8, 4) is 0 Å². The predicted octanol–water partition coefficient (Wildman–Crippen LogP) is 0.839. The zero-order chi connectivity index (χ0) is 19.2. The molecule has 0 amide bonds. The topological polar surface area (TPSA) is 87.2 Å². The van der Waals surface area contributed by atoms with Crippen molar-refractivity contribution < 1.29 is 23.1 Å². The molecule has 1 aromatic carbocycles. The smallest absolute Gasteiger partial charge is 0.318 e. The standard InChI is InChI=1S/C18H28N2O5S/c1-3-15-4-6-16(7-5-15)8-9-19-10-11-25-17(12-19)13-20(14-18(21)22)26(2,23)24/h4-7,17H,3,8-14H2,1-2H3,(H,21,22). The highest BCUT2D eigenvalue weighted by molar-refractivity contribution is 7.88. The molecule has 26 heavy (non-hydrogen) atoms. The molecule has 1 fully saturated rings. The minimum absolute atomic E-state index is 0.0623. The fourth-order valence-corrected chi connectivity index (χ4v) is 3.80. The SMILES string of the molecule is CCc1ccc(CCN2CCOC(CN(CC(=O)O)S(C)(=O)=O)C2)cc1. The fraction of sp³-hybridized carbons (Fsp3) is 0.611. The van der Waals surface area contributed by atoms with Crippen molar-refractivity contribution in [1.82, 2.24) is 9.21 Å². The zero-order valence-electron chi connectivity index (χ0n) is 15.4. The molecule has 1 atom stereocenters. The van der Waals surface area contributed by atoms with Gasteiger partial charge in [0.05, 0.1) is 19.0 Å². The molecule has 1 saturated heterocycles. The predicted molar refractivity (Wildman–Crippen MR) is 99.8 cm³/mol. The molecule has 0 radical (unpaired) electrons. The summed E-state index contributed by atoms with van der Waals surface area (Å²) in [4.78, 5) is 13.1. The van der Waals surface area contributed by atoms with Crippen LogP contribution in [0.15, 0.2) is 24.3 Å². The monoisotopic (exact) mass is 384 g/mol. The van der Waals surface area contributed by atoms with Crippen LogP contribution < -0.4 is 0 Å². The molecule has 1 aromatic rings. The number of aliphatic carboxylic acids is 1. The molecule has 1 aliphatic heterocycles. The lowest BCUT2D eigenvalue weighted by Gasteiger charge is -2.34. The van der Waals surface area contributed by atoms with Crippen LogP contribution in [-0.4, -0.2) is 80.4 Å². The van der Waals surface area contributed by atoms with Gasteiger partial charge in [-0.25, -0.2) is 8.42 Å². The summed E-state index contributed by atoms with van der Waals surface area (Å²) in [6, 6.07) is 8.59. The van der Waals surface area contributed by atoms with Crippen molar-refractivity contribution in [2.75, 3.05) is 45.6 Å². The molecule has 0 spiro atoms. The van der Waals surface area contributed by atoms with Gasteiger partial charge >= 0.3 is 5.97 Å². The van der Waals surface area contributed by atoms with Gasteiger partial charge in [0, 0.05) is 26.2 Å². The second-order valence-electron chi connectivity index (χ2n) is 6.66. The van der Waals surface area contributed by atoms with Crippen LogP contribution in [0, 0.1) is 0 Å². The molecule has 0 aromatic heterocycles. The first-order chi connectivity index (χ1) is 12.3. The molecule has 146 valence electrons. The van der Waals surface area contributed by atoms with E-state index in [1.807, 2.05) is 0 Å². The lowest BCUT2D eigenvalue weighted by molar-refractivity contribution is -0.137. The molecule has 7 nitrogen and oxygen atoms in total. The van der Waals surface area contributed by atoms with Crippen LogP contribution in [0.5, 0.6) is 0 Å². The van der Waals surface area contributed by atoms with E-state index in [-0.39, 0.29) is 12.6 Å². The second-order valence-corrected chi connectivity index (χ2v) is 8.65. The fourth-order valence-electron chi connectivity index (χ4n) is 3.02. The van der Waals surface area contributed by atoms with Gasteiger partial charge in [-0.15, -0.1) is 0 Å². The molecule has 1 unspecified atom stereocenters. The Morgan fingerprint density at radius 2 is 1.96 bits per heavy atom. The van der Waals surface area contributed by atoms with E-state index in [9.17, 15) is 13.2 Å². The molecule has 2 rings (SSSR count). The summed E-state index contributed by atoms with van der Waals surface area (Å²) in [6.07, 6.45) is 2.65. The maximum atomic E-state index is 11.8. The van der Waals surface area contributed by atoms with E-state index in [4.69, 9.17) is 9.84 Å². The first-order valence-electron chi connectivity index (χ1n) is 8.86. The third-order valence-corrected chi connectivity index (χ3v) is 5.77. The van der Waals surface area contributed by atoms with Crippen molar-refractivity contribution in [2.45, 2.75) is 25.9 Å². The van der Waals surface area contributed by atoms with Crippen LogP contribution in [-0.2, 0) is 32.4 Å². The van der Waals surface area contributed by atoms with Gasteiger partial charge in [0.25, 0.3) is 0 Å². The lowest BCUT2D eigenvalue weighted by atomic mass is 10.1. The second kappa shape index (κ2) is 9.45. The van der Waals surface area contributed by atoms with Gasteiger partial charge in [-0.2, -0.15) is 4.31 Å². The van der Waals surface area contributed by atoms with Crippen LogP contribution >= 0.6 is 0 Å². The maximum absolute atomic E-state index is 11.8. The number of benzene rings is 1. The largest absolute Gasteiger partial charge is 0.480 e. The molecule has 1 aliphatic rings. The molecule has 0 aliphatic carbocycles. The van der Waals surface area contributed by atoms with E-state index in [0.29, 0.717) is 13.2 Å². The van der Waals surface area contributed by atoms with E-state index in [1.54, 1.807) is 0 Å². The summed E-state index contributed by atoms with van der Waals surface area (Å²) in [7, 11) is -3.58. The number of carboxylic acids is 1. The van der Waals surface area contributed by atoms with Crippen LogP contribution in [0.2, 0.25) is 0 Å². The molecule has 0 bridgehead atoms. The molecule has 0 saturated carbocycles. The minimum Gasteiger partial charge on any atom is -0.480 e. The van der Waals surface area contributed by atoms with Crippen LogP contribution in [0.3, 0.4) is 0 Å². The van der Waals surface area contributed by atoms with E-state index in [0.717, 1.165) is 36.5 Å². The number of hydrogen-bond donors (Lipinski definition) is 1. The van der Waals surface area contributed by atoms with Crippen molar-refractivity contribution in [3.63, 3.8) is 0 Å². The van der Waals surface area contributed by atoms with Gasteiger partial charge in [0.2, 0.25) is 10.0 Å². The van der Waals surface area contributed by atoms with E-state index >= 15 is 0 Å². The Morgan fingerprint density at radius 3 is 2.54 bits per heavy atom. The Morgan fingerprint density at radius 1 is 1.31 bits per heavy atom. The highest BCUT2D eigenvalue weighted by Crippen LogP contribution is 2.12. The highest BCUT2D eigenvalue weighted by Gasteiger charge is 2.27. The summed E-state index contributed by atoms with van der Waals surface area (Å²) in [5.41, 5.74) is 2.59. The Balaban J connectivity index is 1.88. The Labute approximate surface area is 155 Å². The van der Waals surface area contributed by atoms with Crippen LogP contribution in [0.25, 0.3) is 0 Å². The number of rotatable bonds is 9. The van der Waals surface area contributed by atoms with Gasteiger partial charge in [-0.1, -0.05) is 31.2 Å². The Bertz CT molecular complexity index is 690. The number of morpholine rings is 1. The third-order valence-electron chi connectivity index (χ3n) is 4.56. The lowest BCUT2D eigenvalue weighted by Crippen LogP contribution is -2.49. The van der Waals surface area contributed by atoms with E-state index < -0.39 is 22.5 Å². The normalized spacial score (nSPS) is 19.0. The summed E-state index contributed by atoms with van der Waals surface area (Å²) in [5, 5.41) is 8.92. The van der Waals surface area contributed by atoms with Gasteiger partial charge in [0.1, 0.15) is 6.54 Å². The molecule has 1 heterocycles. The van der Waals surface area contributed by atoms with Crippen molar-refractivity contribution in [3.05, 3.63) is 35.4 Å². The van der Waals surface area contributed by atoms with Gasteiger partial charge < -0.3 is 9.84 Å². The first-order valence-corrected chi connectivity index (χ1v) is 10.7. The quantitative estimate of drug-likeness (QED) is 0.679. The third kappa shape index (κ3) is 6.68. The number of nitrogens with zero attached hydrogens (tertiary/aromatic N) is 2. The summed E-state index contributed by atoms with van der Waals surface area (Å²) in [5.74, 6) is -1.17. The molecular weight excluding hydrogens is 356 g/mol. The van der Waals surface area contributed by atoms with Crippen molar-refractivity contribution in [2.24, 2.45) is 0 Å². The molecular formula is C18H28N2O5S. The Hall–Kier alpha value is -1.48. The summed E-state index contributed by atoms with van der Waals surface area (Å²) >= 11 is 0. The number of carbonyl (C=O) groups is 1. The van der Waals surface area contributed by atoms with Gasteiger partial charge in [-0.05, 0) is 24.0 Å². The van der Waals surface area contributed by atoms with Crippen LogP contribution in [0.1, 0.15) is 18.1 Å². The van der Waals surface area contributed by atoms with Crippen molar-refractivity contribution in [1.29, 1.82) is 0 Å². The molecule has 8 heteroatoms. The molecule has 1 N–H and O–H groups in total. The highest BCUT2D eigenvalue weighted by atomic mass is 32.2. The number of hydrogen-bond acceptors (Lipinski definition) is 5. The maximum Gasteiger partial charge on any atom is 0.318 e. The minimum atomic E-state index is -3.58. The average molecular weight is 384 g/mol. The zero-order valence-corrected chi connectivity index (χ0v) is 16.2. The van der Waals surface area contributed by atoms with Gasteiger partial charge in [-0.3, -0.25) is 9.69 Å². The van der Waals surface area contributed by atoms with Crippen LogP contribution in [0.4, 0.5) is 0 Å². The number of sulfonamides is 1. The van der Waals surface area contributed by atoms with Crippen molar-refractivity contribution >= 4 is 16.0 Å². The van der Waals surface area contributed by atoms with E-state index in [1.165, 1.54) is 11.1 Å². The summed E-state index contributed by atoms with van der Waals surface area (Å²) in [6.45, 7) is 4.43.